The van der Waals surface area contributed by atoms with Crippen molar-refractivity contribution in [2.24, 2.45) is 0 Å². The van der Waals surface area contributed by atoms with Crippen molar-refractivity contribution in [3.63, 3.8) is 0 Å². The summed E-state index contributed by atoms with van der Waals surface area (Å²) in [4.78, 5) is 23.6. The van der Waals surface area contributed by atoms with Gasteiger partial charge in [0.15, 0.2) is 0 Å². The van der Waals surface area contributed by atoms with Crippen molar-refractivity contribution in [3.05, 3.63) is 23.8 Å². The maximum atomic E-state index is 12.1. The quantitative estimate of drug-likeness (QED) is 0.786. The summed E-state index contributed by atoms with van der Waals surface area (Å²) in [5.74, 6) is -0.236. The number of morpholine rings is 1. The zero-order valence-corrected chi connectivity index (χ0v) is 13.6. The summed E-state index contributed by atoms with van der Waals surface area (Å²) in [6.45, 7) is 5.50. The Morgan fingerprint density at radius 3 is 2.77 bits per heavy atom. The molecule has 22 heavy (non-hydrogen) atoms. The van der Waals surface area contributed by atoms with Crippen molar-refractivity contribution < 1.29 is 14.3 Å². The normalized spacial score (nSPS) is 17.3. The second-order valence-corrected chi connectivity index (χ2v) is 4.98. The standard InChI is InChI=1S/C15H21N3O3.ClH/c1-3-14(19)17-11-5-4-10(2)12(8-11)18-15(20)13-9-16-6-7-21-13;/h4-5,8,13,16H,3,6-7,9H2,1-2H3,(H,17,19)(H,18,20);1H. The Morgan fingerprint density at radius 1 is 1.36 bits per heavy atom. The largest absolute Gasteiger partial charge is 0.366 e. The highest BCUT2D eigenvalue weighted by molar-refractivity contribution is 5.96. The molecule has 0 radical (unpaired) electrons. The van der Waals surface area contributed by atoms with Gasteiger partial charge in [-0.25, -0.2) is 0 Å². The lowest BCUT2D eigenvalue weighted by atomic mass is 10.1. The average Bonchev–Trinajstić information content (AvgIpc) is 2.51. The number of amides is 2. The fourth-order valence-electron chi connectivity index (χ4n) is 2.03. The van der Waals surface area contributed by atoms with Gasteiger partial charge in [-0.15, -0.1) is 12.4 Å². The van der Waals surface area contributed by atoms with Crippen molar-refractivity contribution in [3.8, 4) is 0 Å². The number of hydrogen-bond acceptors (Lipinski definition) is 4. The topological polar surface area (TPSA) is 79.5 Å². The molecule has 0 aliphatic carbocycles. The molecule has 7 heteroatoms. The molecule has 1 aliphatic rings. The van der Waals surface area contributed by atoms with Gasteiger partial charge < -0.3 is 20.7 Å². The molecular weight excluding hydrogens is 306 g/mol. The summed E-state index contributed by atoms with van der Waals surface area (Å²) in [6.07, 6.45) is -0.0658. The number of hydrogen-bond donors (Lipinski definition) is 3. The van der Waals surface area contributed by atoms with Crippen molar-refractivity contribution >= 4 is 35.6 Å². The Morgan fingerprint density at radius 2 is 2.14 bits per heavy atom. The van der Waals surface area contributed by atoms with Gasteiger partial charge in [-0.2, -0.15) is 0 Å². The second kappa shape index (κ2) is 8.73. The zero-order chi connectivity index (χ0) is 15.2. The summed E-state index contributed by atoms with van der Waals surface area (Å²) in [5, 5.41) is 8.75. The van der Waals surface area contributed by atoms with Crippen LogP contribution in [0.1, 0.15) is 18.9 Å². The fraction of sp³-hybridized carbons (Fsp3) is 0.467. The summed E-state index contributed by atoms with van der Waals surface area (Å²) >= 11 is 0. The smallest absolute Gasteiger partial charge is 0.254 e. The lowest BCUT2D eigenvalue weighted by Gasteiger charge is -2.23. The minimum Gasteiger partial charge on any atom is -0.366 e. The summed E-state index contributed by atoms with van der Waals surface area (Å²) in [7, 11) is 0. The number of anilines is 2. The highest BCUT2D eigenvalue weighted by atomic mass is 35.5. The van der Waals surface area contributed by atoms with E-state index in [-0.39, 0.29) is 24.2 Å². The first kappa shape index (κ1) is 18.4. The molecule has 1 aromatic carbocycles. The van der Waals surface area contributed by atoms with E-state index in [4.69, 9.17) is 4.74 Å². The predicted molar refractivity (Wildman–Crippen MR) is 88.6 cm³/mol. The monoisotopic (exact) mass is 327 g/mol. The van der Waals surface area contributed by atoms with E-state index >= 15 is 0 Å². The lowest BCUT2D eigenvalue weighted by Crippen LogP contribution is -2.45. The van der Waals surface area contributed by atoms with Gasteiger partial charge in [0.1, 0.15) is 6.10 Å². The predicted octanol–water partition coefficient (Wildman–Crippen LogP) is 1.69. The first-order valence-corrected chi connectivity index (χ1v) is 7.14. The molecule has 6 nitrogen and oxygen atoms in total. The van der Waals surface area contributed by atoms with Crippen LogP contribution >= 0.6 is 12.4 Å². The number of nitrogens with one attached hydrogen (secondary N) is 3. The van der Waals surface area contributed by atoms with Crippen LogP contribution in [0.15, 0.2) is 18.2 Å². The van der Waals surface area contributed by atoms with Gasteiger partial charge in [-0.3, -0.25) is 9.59 Å². The first-order chi connectivity index (χ1) is 10.1. The fourth-order valence-corrected chi connectivity index (χ4v) is 2.03. The summed E-state index contributed by atoms with van der Waals surface area (Å²) in [5.41, 5.74) is 2.29. The molecule has 0 bridgehead atoms. The third-order valence-corrected chi connectivity index (χ3v) is 3.32. The molecule has 3 N–H and O–H groups in total. The first-order valence-electron chi connectivity index (χ1n) is 7.14. The molecular formula is C15H22ClN3O3. The third-order valence-electron chi connectivity index (χ3n) is 3.32. The molecule has 2 rings (SSSR count). The van der Waals surface area contributed by atoms with E-state index in [2.05, 4.69) is 16.0 Å². The van der Waals surface area contributed by atoms with Crippen LogP contribution in [0.2, 0.25) is 0 Å². The van der Waals surface area contributed by atoms with E-state index in [1.54, 1.807) is 13.0 Å². The molecule has 1 saturated heterocycles. The van der Waals surface area contributed by atoms with E-state index in [0.717, 1.165) is 12.1 Å². The van der Waals surface area contributed by atoms with Gasteiger partial charge in [0.05, 0.1) is 6.61 Å². The van der Waals surface area contributed by atoms with Crippen LogP contribution in [0.5, 0.6) is 0 Å². The number of rotatable bonds is 4. The van der Waals surface area contributed by atoms with E-state index < -0.39 is 6.10 Å². The summed E-state index contributed by atoms with van der Waals surface area (Å²) in [6, 6.07) is 5.44. The van der Waals surface area contributed by atoms with Gasteiger partial charge in [-0.05, 0) is 24.6 Å². The van der Waals surface area contributed by atoms with E-state index in [9.17, 15) is 9.59 Å². The maximum absolute atomic E-state index is 12.1. The maximum Gasteiger partial charge on any atom is 0.254 e. The molecule has 1 aromatic rings. The van der Waals surface area contributed by atoms with Crippen LogP contribution in [-0.2, 0) is 14.3 Å². The van der Waals surface area contributed by atoms with Crippen LogP contribution in [0.3, 0.4) is 0 Å². The highest BCUT2D eigenvalue weighted by Crippen LogP contribution is 2.21. The minimum atomic E-state index is -0.480. The van der Waals surface area contributed by atoms with Crippen molar-refractivity contribution in [1.29, 1.82) is 0 Å². The van der Waals surface area contributed by atoms with Gasteiger partial charge >= 0.3 is 0 Å². The SMILES string of the molecule is CCC(=O)Nc1ccc(C)c(NC(=O)C2CNCCO2)c1.Cl. The van der Waals surface area contributed by atoms with Crippen molar-refractivity contribution in [2.45, 2.75) is 26.4 Å². The number of halogens is 1. The van der Waals surface area contributed by atoms with E-state index in [0.29, 0.717) is 30.9 Å². The number of aryl methyl sites for hydroxylation is 1. The van der Waals surface area contributed by atoms with Crippen LogP contribution in [0.4, 0.5) is 11.4 Å². The van der Waals surface area contributed by atoms with Crippen LogP contribution < -0.4 is 16.0 Å². The van der Waals surface area contributed by atoms with Gasteiger partial charge in [0, 0.05) is 30.9 Å². The minimum absolute atomic E-state index is 0. The molecule has 0 spiro atoms. The molecule has 1 heterocycles. The molecule has 1 fully saturated rings. The van der Waals surface area contributed by atoms with E-state index in [1.165, 1.54) is 0 Å². The molecule has 0 saturated carbocycles. The number of benzene rings is 1. The second-order valence-electron chi connectivity index (χ2n) is 4.98. The Kier molecular flexibility index (Phi) is 7.31. The highest BCUT2D eigenvalue weighted by Gasteiger charge is 2.22. The Balaban J connectivity index is 0.00000242. The van der Waals surface area contributed by atoms with E-state index in [1.807, 2.05) is 19.1 Å². The third kappa shape index (κ3) is 4.98. The van der Waals surface area contributed by atoms with Crippen molar-refractivity contribution in [2.75, 3.05) is 30.3 Å². The van der Waals surface area contributed by atoms with Crippen LogP contribution in [0.25, 0.3) is 0 Å². The van der Waals surface area contributed by atoms with Crippen molar-refractivity contribution in [1.82, 2.24) is 5.32 Å². The zero-order valence-electron chi connectivity index (χ0n) is 12.8. The molecule has 122 valence electrons. The molecule has 1 aliphatic heterocycles. The van der Waals surface area contributed by atoms with Crippen LogP contribution in [0, 0.1) is 6.92 Å². The Labute approximate surface area is 136 Å². The number of carbonyl (C=O) groups is 2. The van der Waals surface area contributed by atoms with Gasteiger partial charge in [0.25, 0.3) is 5.91 Å². The molecule has 0 aromatic heterocycles. The Hall–Kier alpha value is -1.63. The number of carbonyl (C=O) groups excluding carboxylic acids is 2. The molecule has 1 atom stereocenters. The Bertz CT molecular complexity index is 531. The van der Waals surface area contributed by atoms with Gasteiger partial charge in [-0.1, -0.05) is 13.0 Å². The molecule has 1 unspecified atom stereocenters. The lowest BCUT2D eigenvalue weighted by molar-refractivity contribution is -0.128. The summed E-state index contributed by atoms with van der Waals surface area (Å²) < 4.78 is 5.42. The van der Waals surface area contributed by atoms with Gasteiger partial charge in [0.2, 0.25) is 5.91 Å². The average molecular weight is 328 g/mol. The molecule has 2 amide bonds. The number of ether oxygens (including phenoxy) is 1. The van der Waals surface area contributed by atoms with Crippen LogP contribution in [-0.4, -0.2) is 37.6 Å².